The number of hydrogen-bond acceptors (Lipinski definition) is 4. The van der Waals surface area contributed by atoms with Gasteiger partial charge in [0.05, 0.1) is 12.7 Å². The van der Waals surface area contributed by atoms with Gasteiger partial charge >= 0.3 is 0 Å². The summed E-state index contributed by atoms with van der Waals surface area (Å²) >= 11 is 5.60. The van der Waals surface area contributed by atoms with Gasteiger partial charge in [-0.25, -0.2) is 4.98 Å². The third-order valence-electron chi connectivity index (χ3n) is 1.66. The number of halogens is 1. The number of carbonyl (C=O) groups is 1. The molecule has 0 fully saturated rings. The molecule has 1 aromatic heterocycles. The van der Waals surface area contributed by atoms with Gasteiger partial charge in [0.15, 0.2) is 0 Å². The van der Waals surface area contributed by atoms with Crippen LogP contribution in [-0.2, 0) is 0 Å². The van der Waals surface area contributed by atoms with E-state index in [1.54, 1.807) is 12.1 Å². The van der Waals surface area contributed by atoms with Crippen molar-refractivity contribution in [3.63, 3.8) is 0 Å². The Bertz CT molecular complexity index is 346. The van der Waals surface area contributed by atoms with Crippen molar-refractivity contribution in [2.45, 2.75) is 6.10 Å². The first-order valence-corrected chi connectivity index (χ1v) is 4.71. The van der Waals surface area contributed by atoms with Crippen LogP contribution >= 0.6 is 11.6 Å². The van der Waals surface area contributed by atoms with Gasteiger partial charge in [-0.15, -0.1) is 0 Å². The standard InChI is InChI=1S/C9H11ClN2O3/c10-8-3-1-2-7(12-8)9(15)11-4-6(14)5-13/h1-3,6,13-14H,4-5H2,(H,11,15). The second kappa shape index (κ2) is 5.65. The number of hydrogen-bond donors (Lipinski definition) is 3. The Kier molecular flexibility index (Phi) is 4.48. The fraction of sp³-hybridized carbons (Fsp3) is 0.333. The Labute approximate surface area is 91.7 Å². The molecule has 1 unspecified atom stereocenters. The molecular formula is C9H11ClN2O3. The van der Waals surface area contributed by atoms with E-state index in [0.29, 0.717) is 0 Å². The highest BCUT2D eigenvalue weighted by Gasteiger charge is 2.09. The zero-order valence-corrected chi connectivity index (χ0v) is 8.61. The van der Waals surface area contributed by atoms with Gasteiger partial charge in [-0.3, -0.25) is 4.79 Å². The monoisotopic (exact) mass is 230 g/mol. The van der Waals surface area contributed by atoms with Gasteiger partial charge in [-0.2, -0.15) is 0 Å². The lowest BCUT2D eigenvalue weighted by atomic mass is 10.3. The molecule has 1 heterocycles. The fourth-order valence-electron chi connectivity index (χ4n) is 0.900. The SMILES string of the molecule is O=C(NCC(O)CO)c1cccc(Cl)n1. The third-order valence-corrected chi connectivity index (χ3v) is 1.87. The van der Waals surface area contributed by atoms with Crippen LogP contribution in [0.25, 0.3) is 0 Å². The summed E-state index contributed by atoms with van der Waals surface area (Å²) in [7, 11) is 0. The van der Waals surface area contributed by atoms with Crippen molar-refractivity contribution < 1.29 is 15.0 Å². The summed E-state index contributed by atoms with van der Waals surface area (Å²) in [4.78, 5) is 15.2. The van der Waals surface area contributed by atoms with Gasteiger partial charge in [0.1, 0.15) is 10.8 Å². The molecule has 0 aliphatic rings. The summed E-state index contributed by atoms with van der Waals surface area (Å²) in [5.74, 6) is -0.440. The molecule has 1 aromatic rings. The molecule has 0 radical (unpaired) electrons. The quantitative estimate of drug-likeness (QED) is 0.627. The highest BCUT2D eigenvalue weighted by Crippen LogP contribution is 2.04. The average molecular weight is 231 g/mol. The van der Waals surface area contributed by atoms with E-state index in [1.807, 2.05) is 0 Å². The number of rotatable bonds is 4. The lowest BCUT2D eigenvalue weighted by Gasteiger charge is -2.08. The summed E-state index contributed by atoms with van der Waals surface area (Å²) in [5.41, 5.74) is 0.174. The van der Waals surface area contributed by atoms with Crippen LogP contribution in [0, 0.1) is 0 Å². The normalized spacial score (nSPS) is 12.2. The zero-order chi connectivity index (χ0) is 11.3. The summed E-state index contributed by atoms with van der Waals surface area (Å²) in [6.07, 6.45) is -0.965. The van der Waals surface area contributed by atoms with E-state index in [9.17, 15) is 4.79 Å². The summed E-state index contributed by atoms with van der Waals surface area (Å²) in [6.45, 7) is -0.424. The van der Waals surface area contributed by atoms with Crippen molar-refractivity contribution in [3.05, 3.63) is 29.0 Å². The van der Waals surface area contributed by atoms with Crippen LogP contribution in [0.2, 0.25) is 5.15 Å². The van der Waals surface area contributed by atoms with E-state index in [-0.39, 0.29) is 17.4 Å². The molecule has 0 aliphatic heterocycles. The maximum absolute atomic E-state index is 11.4. The number of aliphatic hydroxyl groups excluding tert-OH is 2. The first-order valence-electron chi connectivity index (χ1n) is 4.33. The van der Waals surface area contributed by atoms with Gasteiger partial charge in [-0.1, -0.05) is 17.7 Å². The van der Waals surface area contributed by atoms with Crippen LogP contribution in [0.4, 0.5) is 0 Å². The molecule has 82 valence electrons. The number of pyridine rings is 1. The first kappa shape index (κ1) is 11.9. The van der Waals surface area contributed by atoms with E-state index in [2.05, 4.69) is 10.3 Å². The molecule has 3 N–H and O–H groups in total. The Balaban J connectivity index is 2.54. The Hall–Kier alpha value is -1.17. The molecule has 15 heavy (non-hydrogen) atoms. The Morgan fingerprint density at radius 1 is 1.60 bits per heavy atom. The topological polar surface area (TPSA) is 82.5 Å². The maximum atomic E-state index is 11.4. The van der Waals surface area contributed by atoms with Gasteiger partial charge in [0.2, 0.25) is 0 Å². The first-order chi connectivity index (χ1) is 7.13. The molecule has 1 rings (SSSR count). The Morgan fingerprint density at radius 3 is 2.93 bits per heavy atom. The summed E-state index contributed by atoms with van der Waals surface area (Å²) in [5, 5.41) is 20.2. The highest BCUT2D eigenvalue weighted by atomic mass is 35.5. The molecule has 6 heteroatoms. The van der Waals surface area contributed by atoms with Gasteiger partial charge in [0.25, 0.3) is 5.91 Å². The van der Waals surface area contributed by atoms with Gasteiger partial charge in [0, 0.05) is 6.54 Å². The zero-order valence-electron chi connectivity index (χ0n) is 7.85. The summed E-state index contributed by atoms with van der Waals surface area (Å²) < 4.78 is 0. The minimum Gasteiger partial charge on any atom is -0.394 e. The van der Waals surface area contributed by atoms with E-state index < -0.39 is 18.6 Å². The van der Waals surface area contributed by atoms with Crippen LogP contribution in [0.5, 0.6) is 0 Å². The van der Waals surface area contributed by atoms with E-state index in [0.717, 1.165) is 0 Å². The lowest BCUT2D eigenvalue weighted by Crippen LogP contribution is -2.34. The van der Waals surface area contributed by atoms with Crippen molar-refractivity contribution >= 4 is 17.5 Å². The van der Waals surface area contributed by atoms with Crippen LogP contribution < -0.4 is 5.32 Å². The van der Waals surface area contributed by atoms with Crippen LogP contribution in [0.3, 0.4) is 0 Å². The molecule has 0 aliphatic carbocycles. The lowest BCUT2D eigenvalue weighted by molar-refractivity contribution is 0.0799. The van der Waals surface area contributed by atoms with Crippen LogP contribution in [0.15, 0.2) is 18.2 Å². The Morgan fingerprint density at radius 2 is 2.33 bits per heavy atom. The van der Waals surface area contributed by atoms with Crippen LogP contribution in [-0.4, -0.2) is 40.4 Å². The fourth-order valence-corrected chi connectivity index (χ4v) is 1.06. The number of amides is 1. The molecule has 0 bridgehead atoms. The molecular weight excluding hydrogens is 220 g/mol. The number of carbonyl (C=O) groups excluding carboxylic acids is 1. The van der Waals surface area contributed by atoms with Crippen molar-refractivity contribution in [1.29, 1.82) is 0 Å². The smallest absolute Gasteiger partial charge is 0.270 e. The van der Waals surface area contributed by atoms with E-state index in [1.165, 1.54) is 6.07 Å². The van der Waals surface area contributed by atoms with Crippen molar-refractivity contribution in [2.75, 3.05) is 13.2 Å². The second-order valence-electron chi connectivity index (χ2n) is 2.89. The number of aromatic nitrogens is 1. The highest BCUT2D eigenvalue weighted by molar-refractivity contribution is 6.29. The predicted octanol–water partition coefficient (Wildman–Crippen LogP) is -0.182. The molecule has 0 spiro atoms. The number of nitrogens with one attached hydrogen (secondary N) is 1. The molecule has 1 atom stereocenters. The molecule has 1 amide bonds. The molecule has 0 saturated heterocycles. The maximum Gasteiger partial charge on any atom is 0.270 e. The van der Waals surface area contributed by atoms with E-state index in [4.69, 9.17) is 21.8 Å². The van der Waals surface area contributed by atoms with Gasteiger partial charge < -0.3 is 15.5 Å². The minimum atomic E-state index is -0.965. The van der Waals surface area contributed by atoms with Crippen LogP contribution in [0.1, 0.15) is 10.5 Å². The molecule has 0 saturated carbocycles. The molecule has 0 aromatic carbocycles. The average Bonchev–Trinajstić information content (AvgIpc) is 2.25. The third kappa shape index (κ3) is 3.83. The van der Waals surface area contributed by atoms with E-state index >= 15 is 0 Å². The predicted molar refractivity (Wildman–Crippen MR) is 54.7 cm³/mol. The van der Waals surface area contributed by atoms with Crippen molar-refractivity contribution in [2.24, 2.45) is 0 Å². The largest absolute Gasteiger partial charge is 0.394 e. The van der Waals surface area contributed by atoms with Crippen molar-refractivity contribution in [1.82, 2.24) is 10.3 Å². The number of nitrogens with zero attached hydrogens (tertiary/aromatic N) is 1. The number of aliphatic hydroxyl groups is 2. The second-order valence-corrected chi connectivity index (χ2v) is 3.28. The minimum absolute atomic E-state index is 0.0243. The van der Waals surface area contributed by atoms with Crippen molar-refractivity contribution in [3.8, 4) is 0 Å². The molecule has 5 nitrogen and oxygen atoms in total. The van der Waals surface area contributed by atoms with Gasteiger partial charge in [-0.05, 0) is 12.1 Å². The summed E-state index contributed by atoms with van der Waals surface area (Å²) in [6, 6.07) is 4.67.